The molecule has 3 nitrogen and oxygen atoms in total. The molecule has 0 fully saturated rings. The zero-order valence-electron chi connectivity index (χ0n) is 12.5. The van der Waals surface area contributed by atoms with Gasteiger partial charge in [-0.2, -0.15) is 5.26 Å². The Kier molecular flexibility index (Phi) is 3.56. The zero-order chi connectivity index (χ0) is 15.8. The fourth-order valence-corrected chi connectivity index (χ4v) is 4.95. The summed E-state index contributed by atoms with van der Waals surface area (Å²) in [5, 5.41) is 11.6. The van der Waals surface area contributed by atoms with E-state index in [1.807, 2.05) is 36.4 Å². The van der Waals surface area contributed by atoms with Gasteiger partial charge in [-0.25, -0.2) is 4.98 Å². The highest BCUT2D eigenvalue weighted by Gasteiger charge is 2.28. The van der Waals surface area contributed by atoms with Gasteiger partial charge in [-0.3, -0.25) is 0 Å². The van der Waals surface area contributed by atoms with Crippen molar-refractivity contribution in [1.82, 2.24) is 4.98 Å². The van der Waals surface area contributed by atoms with Gasteiger partial charge in [0.05, 0.1) is 15.9 Å². The molecule has 0 amide bonds. The minimum absolute atomic E-state index is 0.661. The van der Waals surface area contributed by atoms with Crippen molar-refractivity contribution in [3.63, 3.8) is 0 Å². The fourth-order valence-electron chi connectivity index (χ4n) is 2.70. The third-order valence-electron chi connectivity index (χ3n) is 3.76. The molecule has 3 aromatic rings. The number of nitrogens with zero attached hydrogens (tertiary/aromatic N) is 3. The van der Waals surface area contributed by atoms with Gasteiger partial charge in [0, 0.05) is 11.4 Å². The van der Waals surface area contributed by atoms with E-state index in [-0.39, 0.29) is 0 Å². The predicted octanol–water partition coefficient (Wildman–Crippen LogP) is 5.12. The molecule has 0 aliphatic carbocycles. The molecule has 23 heavy (non-hydrogen) atoms. The molecule has 0 saturated carbocycles. The lowest BCUT2D eigenvalue weighted by Gasteiger charge is -2.18. The van der Waals surface area contributed by atoms with Crippen LogP contribution in [0.2, 0.25) is 0 Å². The summed E-state index contributed by atoms with van der Waals surface area (Å²) in [4.78, 5) is 8.05. The second-order valence-corrected chi connectivity index (χ2v) is 7.15. The molecule has 0 radical (unpaired) electrons. The van der Waals surface area contributed by atoms with Crippen LogP contribution in [0.5, 0.6) is 0 Å². The first-order valence-electron chi connectivity index (χ1n) is 7.36. The first kappa shape index (κ1) is 14.3. The maximum Gasteiger partial charge on any atom is 0.137 e. The molecule has 0 unspecified atom stereocenters. The minimum atomic E-state index is 0.661. The Morgan fingerprint density at radius 1 is 1.17 bits per heavy atom. The van der Waals surface area contributed by atoms with Crippen molar-refractivity contribution >= 4 is 44.6 Å². The standard InChI is InChI=1S/C18H13N3S2/c1-2-21-14-8-4-6-10-16(14)23-18(21)12(11-19)17-20-13-7-3-5-9-15(13)22-17/h3-10H,2H2,1H3. The number of fused-ring (bicyclic) bond motifs is 2. The van der Waals surface area contributed by atoms with Crippen molar-refractivity contribution in [2.45, 2.75) is 11.8 Å². The molecule has 2 heterocycles. The molecule has 0 bridgehead atoms. The predicted molar refractivity (Wildman–Crippen MR) is 97.5 cm³/mol. The molecule has 0 spiro atoms. The zero-order valence-corrected chi connectivity index (χ0v) is 14.1. The number of thioether (sulfide) groups is 1. The van der Waals surface area contributed by atoms with Gasteiger partial charge >= 0.3 is 0 Å². The van der Waals surface area contributed by atoms with Crippen LogP contribution in [0.25, 0.3) is 15.8 Å². The number of hydrogen-bond acceptors (Lipinski definition) is 5. The number of anilines is 1. The van der Waals surface area contributed by atoms with Crippen molar-refractivity contribution in [3.05, 3.63) is 58.6 Å². The first-order valence-corrected chi connectivity index (χ1v) is 9.00. The second kappa shape index (κ2) is 5.73. The summed E-state index contributed by atoms with van der Waals surface area (Å²) in [5.41, 5.74) is 2.78. The van der Waals surface area contributed by atoms with Gasteiger partial charge in [0.2, 0.25) is 0 Å². The van der Waals surface area contributed by atoms with Crippen LogP contribution in [0.4, 0.5) is 5.69 Å². The average molecular weight is 335 g/mol. The Bertz CT molecular complexity index is 933. The SMILES string of the molecule is CCN1C(=C(C#N)c2nc3ccccc3s2)Sc2ccccc21. The Morgan fingerprint density at radius 3 is 2.74 bits per heavy atom. The van der Waals surface area contributed by atoms with Gasteiger partial charge in [0.15, 0.2) is 0 Å². The fraction of sp³-hybridized carbons (Fsp3) is 0.111. The average Bonchev–Trinajstić information content (AvgIpc) is 3.16. The number of nitriles is 1. The van der Waals surface area contributed by atoms with Crippen LogP contribution in [-0.4, -0.2) is 11.5 Å². The molecular weight excluding hydrogens is 322 g/mol. The van der Waals surface area contributed by atoms with E-state index in [9.17, 15) is 5.26 Å². The van der Waals surface area contributed by atoms with Gasteiger partial charge < -0.3 is 4.90 Å². The van der Waals surface area contributed by atoms with Crippen molar-refractivity contribution in [2.24, 2.45) is 0 Å². The third kappa shape index (κ3) is 2.31. The molecule has 1 aromatic heterocycles. The molecule has 112 valence electrons. The van der Waals surface area contributed by atoms with E-state index in [4.69, 9.17) is 0 Å². The van der Waals surface area contributed by atoms with E-state index in [1.165, 1.54) is 10.6 Å². The van der Waals surface area contributed by atoms with Crippen LogP contribution in [0.15, 0.2) is 58.5 Å². The molecule has 1 aliphatic rings. The lowest BCUT2D eigenvalue weighted by atomic mass is 10.2. The highest BCUT2D eigenvalue weighted by atomic mass is 32.2. The molecule has 4 rings (SSSR count). The monoisotopic (exact) mass is 335 g/mol. The summed E-state index contributed by atoms with van der Waals surface area (Å²) in [6.07, 6.45) is 0. The topological polar surface area (TPSA) is 39.9 Å². The number of hydrogen-bond donors (Lipinski definition) is 0. The van der Waals surface area contributed by atoms with E-state index in [1.54, 1.807) is 23.1 Å². The summed E-state index contributed by atoms with van der Waals surface area (Å²) in [6, 6.07) is 18.7. The van der Waals surface area contributed by atoms with Crippen molar-refractivity contribution in [3.8, 4) is 6.07 Å². The molecule has 1 aliphatic heterocycles. The highest BCUT2D eigenvalue weighted by Crippen LogP contribution is 2.48. The first-order chi connectivity index (χ1) is 11.3. The molecule has 5 heteroatoms. The van der Waals surface area contributed by atoms with E-state index < -0.39 is 0 Å². The van der Waals surface area contributed by atoms with Crippen molar-refractivity contribution < 1.29 is 0 Å². The van der Waals surface area contributed by atoms with E-state index in [2.05, 4.69) is 35.0 Å². The Labute approximate surface area is 142 Å². The van der Waals surface area contributed by atoms with E-state index in [0.29, 0.717) is 5.57 Å². The van der Waals surface area contributed by atoms with E-state index >= 15 is 0 Å². The third-order valence-corrected chi connectivity index (χ3v) is 5.99. The summed E-state index contributed by atoms with van der Waals surface area (Å²) in [5.74, 6) is 0. The molecule has 0 saturated heterocycles. The van der Waals surface area contributed by atoms with Gasteiger partial charge in [0.25, 0.3) is 0 Å². The smallest absolute Gasteiger partial charge is 0.137 e. The van der Waals surface area contributed by atoms with Gasteiger partial charge in [-0.05, 0) is 31.2 Å². The minimum Gasteiger partial charge on any atom is -0.334 e. The lowest BCUT2D eigenvalue weighted by Crippen LogP contribution is -2.17. The number of thiazole rings is 1. The maximum atomic E-state index is 9.78. The Balaban J connectivity index is 1.89. The van der Waals surface area contributed by atoms with Gasteiger partial charge in [-0.15, -0.1) is 11.3 Å². The molecule has 0 N–H and O–H groups in total. The number of rotatable bonds is 2. The molecular formula is C18H13N3S2. The van der Waals surface area contributed by atoms with Gasteiger partial charge in [0.1, 0.15) is 21.7 Å². The summed E-state index contributed by atoms with van der Waals surface area (Å²) in [6.45, 7) is 2.94. The van der Waals surface area contributed by atoms with Crippen LogP contribution in [0.1, 0.15) is 11.9 Å². The van der Waals surface area contributed by atoms with Crippen LogP contribution in [-0.2, 0) is 0 Å². The second-order valence-electron chi connectivity index (χ2n) is 5.09. The Hall–Kier alpha value is -2.29. The van der Waals surface area contributed by atoms with Crippen LogP contribution in [0.3, 0.4) is 0 Å². The van der Waals surface area contributed by atoms with Crippen molar-refractivity contribution in [1.29, 1.82) is 5.26 Å². The number of allylic oxidation sites excluding steroid dienone is 1. The summed E-state index contributed by atoms with van der Waals surface area (Å²) in [7, 11) is 0. The normalized spacial score (nSPS) is 15.6. The van der Waals surface area contributed by atoms with Crippen LogP contribution >= 0.6 is 23.1 Å². The van der Waals surface area contributed by atoms with Crippen molar-refractivity contribution in [2.75, 3.05) is 11.4 Å². The van der Waals surface area contributed by atoms with Crippen LogP contribution in [0, 0.1) is 11.3 Å². The number of para-hydroxylation sites is 2. The van der Waals surface area contributed by atoms with Gasteiger partial charge in [-0.1, -0.05) is 36.0 Å². The lowest BCUT2D eigenvalue weighted by molar-refractivity contribution is 1.00. The largest absolute Gasteiger partial charge is 0.334 e. The maximum absolute atomic E-state index is 9.78. The number of aromatic nitrogens is 1. The molecule has 2 aromatic carbocycles. The summed E-state index contributed by atoms with van der Waals surface area (Å²) < 4.78 is 1.11. The Morgan fingerprint density at radius 2 is 1.96 bits per heavy atom. The summed E-state index contributed by atoms with van der Waals surface area (Å²) >= 11 is 3.23. The molecule has 0 atom stereocenters. The van der Waals surface area contributed by atoms with Crippen LogP contribution < -0.4 is 4.90 Å². The highest BCUT2D eigenvalue weighted by molar-refractivity contribution is 8.04. The quantitative estimate of drug-likeness (QED) is 0.609. The number of benzene rings is 2. The van der Waals surface area contributed by atoms with E-state index in [0.717, 1.165) is 26.8 Å².